The molecular weight excluding hydrogens is 949 g/mol. The number of rotatable bonds is 55. The number of carbonyl (C=O) groups excluding carboxylic acids is 3. The Labute approximate surface area is 474 Å². The largest absolute Gasteiger partial charge is 0.462 e. The van der Waals surface area contributed by atoms with Crippen molar-refractivity contribution in [3.05, 3.63) is 146 Å². The van der Waals surface area contributed by atoms with Gasteiger partial charge in [-0.1, -0.05) is 250 Å². The maximum atomic E-state index is 12.9. The van der Waals surface area contributed by atoms with Crippen LogP contribution < -0.4 is 0 Å². The maximum Gasteiger partial charge on any atom is 0.306 e. The van der Waals surface area contributed by atoms with Crippen molar-refractivity contribution in [3.63, 3.8) is 0 Å². The first-order valence-electron chi connectivity index (χ1n) is 31.3. The smallest absolute Gasteiger partial charge is 0.306 e. The first-order chi connectivity index (χ1) is 38.0. The second kappa shape index (κ2) is 63.8. The van der Waals surface area contributed by atoms with Crippen LogP contribution in [0.3, 0.4) is 0 Å². The number of hydrogen-bond donors (Lipinski definition) is 0. The van der Waals surface area contributed by atoms with Crippen molar-refractivity contribution < 1.29 is 28.6 Å². The molecule has 0 aromatic heterocycles. The van der Waals surface area contributed by atoms with Crippen LogP contribution in [0.25, 0.3) is 0 Å². The quantitative estimate of drug-likeness (QED) is 0.0261. The Morgan fingerprint density at radius 2 is 0.532 bits per heavy atom. The molecule has 434 valence electrons. The fourth-order valence-corrected chi connectivity index (χ4v) is 8.11. The van der Waals surface area contributed by atoms with Crippen molar-refractivity contribution in [3.8, 4) is 0 Å². The minimum Gasteiger partial charge on any atom is -0.462 e. The Morgan fingerprint density at radius 3 is 0.844 bits per heavy atom. The molecule has 0 spiro atoms. The van der Waals surface area contributed by atoms with Gasteiger partial charge in [-0.25, -0.2) is 0 Å². The Hall–Kier alpha value is -4.71. The lowest BCUT2D eigenvalue weighted by Gasteiger charge is -2.18. The van der Waals surface area contributed by atoms with Gasteiger partial charge in [0.25, 0.3) is 0 Å². The summed E-state index contributed by atoms with van der Waals surface area (Å²) in [4.78, 5) is 38.2. The zero-order chi connectivity index (χ0) is 55.7. The molecule has 0 rings (SSSR count). The summed E-state index contributed by atoms with van der Waals surface area (Å²) in [5.41, 5.74) is 0. The van der Waals surface area contributed by atoms with Crippen LogP contribution in [0.15, 0.2) is 146 Å². The number of ether oxygens (including phenoxy) is 3. The molecule has 1 unspecified atom stereocenters. The van der Waals surface area contributed by atoms with Gasteiger partial charge in [-0.3, -0.25) is 14.4 Å². The molecule has 0 fully saturated rings. The lowest BCUT2D eigenvalue weighted by molar-refractivity contribution is -0.167. The third-order valence-corrected chi connectivity index (χ3v) is 12.8. The monoisotopic (exact) mass is 1060 g/mol. The SMILES string of the molecule is CC/C=C\C/C=C\C/C=C\C/C=C\C/C=C\C/C=C\C/C=C\C/C=C\CCCCCCCCC(=O)OCC(COC(=O)CCCCCCC/C=C\C/C=C\CCC)OC(=O)CCCCCCC/C=C\C/C=C\CCCCC. The summed E-state index contributed by atoms with van der Waals surface area (Å²) in [6.07, 6.45) is 91.3. The van der Waals surface area contributed by atoms with Crippen LogP contribution in [0, 0.1) is 0 Å². The molecule has 1 atom stereocenters. The van der Waals surface area contributed by atoms with E-state index in [2.05, 4.69) is 167 Å². The highest BCUT2D eigenvalue weighted by Gasteiger charge is 2.19. The second-order valence-electron chi connectivity index (χ2n) is 20.2. The predicted octanol–water partition coefficient (Wildman–Crippen LogP) is 21.5. The number of unbranched alkanes of at least 4 members (excludes halogenated alkanes) is 20. The van der Waals surface area contributed by atoms with Gasteiger partial charge in [-0.05, 0) is 141 Å². The average molecular weight is 1060 g/mol. The zero-order valence-electron chi connectivity index (χ0n) is 49.7. The van der Waals surface area contributed by atoms with Crippen molar-refractivity contribution in [1.82, 2.24) is 0 Å². The van der Waals surface area contributed by atoms with Crippen molar-refractivity contribution in [1.29, 1.82) is 0 Å². The molecular formula is C71H114O6. The summed E-state index contributed by atoms with van der Waals surface area (Å²) in [6, 6.07) is 0. The number of carbonyl (C=O) groups is 3. The van der Waals surface area contributed by atoms with E-state index in [1.165, 1.54) is 44.9 Å². The summed E-state index contributed by atoms with van der Waals surface area (Å²) < 4.78 is 16.9. The number of hydrogen-bond acceptors (Lipinski definition) is 6. The molecule has 0 saturated carbocycles. The third kappa shape index (κ3) is 62.0. The topological polar surface area (TPSA) is 78.9 Å². The van der Waals surface area contributed by atoms with Gasteiger partial charge >= 0.3 is 17.9 Å². The van der Waals surface area contributed by atoms with Gasteiger partial charge in [0.15, 0.2) is 6.10 Å². The first kappa shape index (κ1) is 72.3. The van der Waals surface area contributed by atoms with E-state index >= 15 is 0 Å². The van der Waals surface area contributed by atoms with Gasteiger partial charge in [0.1, 0.15) is 13.2 Å². The van der Waals surface area contributed by atoms with E-state index in [-0.39, 0.29) is 31.1 Å². The molecule has 77 heavy (non-hydrogen) atoms. The van der Waals surface area contributed by atoms with E-state index < -0.39 is 6.10 Å². The van der Waals surface area contributed by atoms with Gasteiger partial charge in [0.2, 0.25) is 0 Å². The van der Waals surface area contributed by atoms with E-state index in [0.29, 0.717) is 19.3 Å². The fraction of sp³-hybridized carbons (Fsp3) is 0.620. The minimum atomic E-state index is -0.804. The van der Waals surface area contributed by atoms with Crippen LogP contribution in [-0.2, 0) is 28.6 Å². The molecule has 0 aromatic carbocycles. The van der Waals surface area contributed by atoms with Crippen molar-refractivity contribution >= 4 is 17.9 Å². The van der Waals surface area contributed by atoms with Gasteiger partial charge < -0.3 is 14.2 Å². The molecule has 0 aromatic rings. The lowest BCUT2D eigenvalue weighted by atomic mass is 10.1. The molecule has 0 amide bonds. The fourth-order valence-electron chi connectivity index (χ4n) is 8.11. The lowest BCUT2D eigenvalue weighted by Crippen LogP contribution is -2.30. The van der Waals surface area contributed by atoms with Crippen LogP contribution in [0.4, 0.5) is 0 Å². The highest BCUT2D eigenvalue weighted by Crippen LogP contribution is 2.14. The normalized spacial score (nSPS) is 13.1. The van der Waals surface area contributed by atoms with Crippen molar-refractivity contribution in [2.45, 2.75) is 271 Å². The van der Waals surface area contributed by atoms with E-state index in [1.54, 1.807) is 0 Å². The molecule has 0 aliphatic carbocycles. The molecule has 6 nitrogen and oxygen atoms in total. The molecule has 0 saturated heterocycles. The van der Waals surface area contributed by atoms with E-state index in [1.807, 2.05) is 0 Å². The van der Waals surface area contributed by atoms with Gasteiger partial charge in [-0.2, -0.15) is 0 Å². The Balaban J connectivity index is 4.35. The predicted molar refractivity (Wildman–Crippen MR) is 334 cm³/mol. The summed E-state index contributed by atoms with van der Waals surface area (Å²) in [7, 11) is 0. The summed E-state index contributed by atoms with van der Waals surface area (Å²) in [5, 5.41) is 0. The second-order valence-corrected chi connectivity index (χ2v) is 20.2. The molecule has 0 radical (unpaired) electrons. The molecule has 6 heteroatoms. The van der Waals surface area contributed by atoms with Crippen molar-refractivity contribution in [2.75, 3.05) is 13.2 Å². The third-order valence-electron chi connectivity index (χ3n) is 12.8. The van der Waals surface area contributed by atoms with E-state index in [9.17, 15) is 14.4 Å². The maximum absolute atomic E-state index is 12.9. The van der Waals surface area contributed by atoms with Crippen molar-refractivity contribution in [2.24, 2.45) is 0 Å². The van der Waals surface area contributed by atoms with Crippen LogP contribution in [0.1, 0.15) is 265 Å². The van der Waals surface area contributed by atoms with Crippen LogP contribution >= 0.6 is 0 Å². The van der Waals surface area contributed by atoms with Crippen LogP contribution in [-0.4, -0.2) is 37.2 Å². The summed E-state index contributed by atoms with van der Waals surface area (Å²) in [5.74, 6) is -0.945. The van der Waals surface area contributed by atoms with Gasteiger partial charge in [0, 0.05) is 19.3 Å². The number of allylic oxidation sites excluding steroid dienone is 24. The molecule has 0 heterocycles. The summed E-state index contributed by atoms with van der Waals surface area (Å²) >= 11 is 0. The van der Waals surface area contributed by atoms with Gasteiger partial charge in [-0.15, -0.1) is 0 Å². The standard InChI is InChI=1S/C71H114O6/c1-4-7-10-13-16-19-22-25-27-28-29-30-31-32-33-34-35-36-37-38-39-40-41-42-44-46-49-52-55-58-61-64-70(73)76-67-68(66-75-69(72)63-60-57-54-51-48-45-24-21-18-15-12-9-6-3)77-71(74)65-62-59-56-53-50-47-43-26-23-20-17-14-11-8-5-2/h7,10,12,15-17,19-21,24-27,29-30,32-33,35-36,38-39,41-43,68H,4-6,8-9,11,13-14,18,22-23,28,31,34,37,40,44-67H2,1-3H3/b10-7-,15-12-,19-16-,20-17-,24-21-,27-25-,30-29-,33-32-,36-35-,39-38-,42-41-,43-26-. The van der Waals surface area contributed by atoms with E-state index in [0.717, 1.165) is 180 Å². The number of esters is 3. The molecule has 0 aliphatic heterocycles. The Bertz CT molecular complexity index is 1700. The van der Waals surface area contributed by atoms with E-state index in [4.69, 9.17) is 14.2 Å². The summed E-state index contributed by atoms with van der Waals surface area (Å²) in [6.45, 7) is 6.39. The zero-order valence-corrected chi connectivity index (χ0v) is 49.7. The highest BCUT2D eigenvalue weighted by molar-refractivity contribution is 5.71. The van der Waals surface area contributed by atoms with Crippen LogP contribution in [0.2, 0.25) is 0 Å². The average Bonchev–Trinajstić information content (AvgIpc) is 3.43. The Kier molecular flexibility index (Phi) is 59.9. The Morgan fingerprint density at radius 1 is 0.273 bits per heavy atom. The molecule has 0 aliphatic rings. The molecule has 0 N–H and O–H groups in total. The minimum absolute atomic E-state index is 0.100. The first-order valence-corrected chi connectivity index (χ1v) is 31.3. The van der Waals surface area contributed by atoms with Gasteiger partial charge in [0.05, 0.1) is 0 Å². The molecule has 0 bridgehead atoms. The highest BCUT2D eigenvalue weighted by atomic mass is 16.6. The van der Waals surface area contributed by atoms with Crippen LogP contribution in [0.5, 0.6) is 0 Å².